The molecule has 1 aromatic carbocycles. The summed E-state index contributed by atoms with van der Waals surface area (Å²) in [5, 5.41) is 16.3. The van der Waals surface area contributed by atoms with E-state index in [-0.39, 0.29) is 17.9 Å². The monoisotopic (exact) mass is 315 g/mol. The number of hydrogen-bond acceptors (Lipinski definition) is 6. The lowest BCUT2D eigenvalue weighted by molar-refractivity contribution is 0.216. The summed E-state index contributed by atoms with van der Waals surface area (Å²) in [7, 11) is 0. The molecule has 0 fully saturated rings. The SMILES string of the molecule is CC(C)O.Nc1nnc(-c2cccc(Cl)c2Cl)c(N)n1. The van der Waals surface area contributed by atoms with Crippen molar-refractivity contribution in [1.82, 2.24) is 15.2 Å². The van der Waals surface area contributed by atoms with E-state index >= 15 is 0 Å². The summed E-state index contributed by atoms with van der Waals surface area (Å²) >= 11 is 11.9. The van der Waals surface area contributed by atoms with Crippen molar-refractivity contribution in [3.05, 3.63) is 28.2 Å². The topological polar surface area (TPSA) is 111 Å². The zero-order valence-corrected chi connectivity index (χ0v) is 12.5. The number of halogens is 2. The van der Waals surface area contributed by atoms with Crippen molar-refractivity contribution in [1.29, 1.82) is 0 Å². The van der Waals surface area contributed by atoms with Gasteiger partial charge >= 0.3 is 0 Å². The molecule has 0 saturated heterocycles. The van der Waals surface area contributed by atoms with Crippen molar-refractivity contribution in [3.63, 3.8) is 0 Å². The average molecular weight is 316 g/mol. The summed E-state index contributed by atoms with van der Waals surface area (Å²) in [4.78, 5) is 3.80. The lowest BCUT2D eigenvalue weighted by Crippen LogP contribution is -2.04. The number of nitrogen functional groups attached to an aromatic ring is 2. The molecule has 6 nitrogen and oxygen atoms in total. The van der Waals surface area contributed by atoms with Crippen molar-refractivity contribution in [2.24, 2.45) is 0 Å². The van der Waals surface area contributed by atoms with E-state index in [1.807, 2.05) is 0 Å². The van der Waals surface area contributed by atoms with Gasteiger partial charge in [0.05, 0.1) is 10.0 Å². The molecule has 20 heavy (non-hydrogen) atoms. The quantitative estimate of drug-likeness (QED) is 0.745. The predicted molar refractivity (Wildman–Crippen MR) is 81.5 cm³/mol. The fourth-order valence-corrected chi connectivity index (χ4v) is 1.62. The van der Waals surface area contributed by atoms with Crippen LogP contribution in [0.1, 0.15) is 13.8 Å². The molecule has 0 unspecified atom stereocenters. The summed E-state index contributed by atoms with van der Waals surface area (Å²) in [6, 6.07) is 5.13. The van der Waals surface area contributed by atoms with Gasteiger partial charge in [-0.1, -0.05) is 35.3 Å². The molecule has 108 valence electrons. The van der Waals surface area contributed by atoms with Crippen LogP contribution in [-0.2, 0) is 0 Å². The third-order valence-corrected chi connectivity index (χ3v) is 2.76. The van der Waals surface area contributed by atoms with E-state index in [0.717, 1.165) is 0 Å². The highest BCUT2D eigenvalue weighted by Crippen LogP contribution is 2.33. The van der Waals surface area contributed by atoms with E-state index in [1.54, 1.807) is 32.0 Å². The first-order valence-corrected chi connectivity index (χ1v) is 6.46. The van der Waals surface area contributed by atoms with Crippen LogP contribution >= 0.6 is 23.2 Å². The molecular weight excluding hydrogens is 301 g/mol. The zero-order valence-electron chi connectivity index (χ0n) is 11.0. The maximum Gasteiger partial charge on any atom is 0.242 e. The molecule has 8 heteroatoms. The Labute approximate surface area is 126 Å². The van der Waals surface area contributed by atoms with Crippen molar-refractivity contribution < 1.29 is 5.11 Å². The van der Waals surface area contributed by atoms with Gasteiger partial charge in [-0.25, -0.2) is 0 Å². The van der Waals surface area contributed by atoms with Crippen molar-refractivity contribution in [3.8, 4) is 11.3 Å². The third-order valence-electron chi connectivity index (χ3n) is 1.94. The molecule has 1 heterocycles. The molecule has 2 aromatic rings. The minimum atomic E-state index is -0.167. The van der Waals surface area contributed by atoms with Crippen LogP contribution in [0.3, 0.4) is 0 Å². The van der Waals surface area contributed by atoms with Gasteiger partial charge in [0.25, 0.3) is 0 Å². The van der Waals surface area contributed by atoms with Gasteiger partial charge in [-0.3, -0.25) is 0 Å². The van der Waals surface area contributed by atoms with Crippen LogP contribution in [-0.4, -0.2) is 26.4 Å². The number of aliphatic hydroxyl groups is 1. The Morgan fingerprint density at radius 1 is 1.15 bits per heavy atom. The van der Waals surface area contributed by atoms with E-state index in [4.69, 9.17) is 39.8 Å². The molecule has 5 N–H and O–H groups in total. The number of nitrogens with zero attached hydrogens (tertiary/aromatic N) is 3. The lowest BCUT2D eigenvalue weighted by atomic mass is 10.1. The summed E-state index contributed by atoms with van der Waals surface area (Å²) in [6.45, 7) is 3.44. The van der Waals surface area contributed by atoms with Crippen LogP contribution in [0.4, 0.5) is 11.8 Å². The molecule has 0 saturated carbocycles. The first kappa shape index (κ1) is 16.4. The number of aromatic nitrogens is 3. The normalized spacial score (nSPS) is 10.1. The Morgan fingerprint density at radius 3 is 2.30 bits per heavy atom. The number of benzene rings is 1. The van der Waals surface area contributed by atoms with Gasteiger partial charge < -0.3 is 16.6 Å². The summed E-state index contributed by atoms with van der Waals surface area (Å²) in [5.74, 6) is 0.177. The first-order chi connectivity index (χ1) is 9.32. The van der Waals surface area contributed by atoms with E-state index in [2.05, 4.69) is 15.2 Å². The number of rotatable bonds is 1. The molecule has 0 atom stereocenters. The van der Waals surface area contributed by atoms with E-state index in [0.29, 0.717) is 21.3 Å². The molecule has 0 bridgehead atoms. The van der Waals surface area contributed by atoms with Crippen molar-refractivity contribution in [2.75, 3.05) is 11.5 Å². The van der Waals surface area contributed by atoms with Crippen LogP contribution in [0.15, 0.2) is 18.2 Å². The van der Waals surface area contributed by atoms with Crippen LogP contribution in [0.2, 0.25) is 10.0 Å². The van der Waals surface area contributed by atoms with Gasteiger partial charge in [-0.05, 0) is 19.9 Å². The highest BCUT2D eigenvalue weighted by Gasteiger charge is 2.12. The summed E-state index contributed by atoms with van der Waals surface area (Å²) in [6.07, 6.45) is -0.167. The van der Waals surface area contributed by atoms with Crippen LogP contribution in [0, 0.1) is 0 Å². The third kappa shape index (κ3) is 4.48. The fourth-order valence-electron chi connectivity index (χ4n) is 1.23. The summed E-state index contributed by atoms with van der Waals surface area (Å²) < 4.78 is 0. The Morgan fingerprint density at radius 2 is 1.75 bits per heavy atom. The molecule has 0 aliphatic rings. The number of nitrogens with two attached hydrogens (primary N) is 2. The Kier molecular flexibility index (Phi) is 5.94. The predicted octanol–water partition coefficient (Wildman–Crippen LogP) is 2.40. The van der Waals surface area contributed by atoms with Gasteiger partial charge in [0, 0.05) is 11.7 Å². The Hall–Kier alpha value is -1.63. The number of aliphatic hydroxyl groups excluding tert-OH is 1. The zero-order chi connectivity index (χ0) is 15.3. The number of anilines is 2. The second-order valence-corrected chi connectivity index (χ2v) is 4.88. The van der Waals surface area contributed by atoms with E-state index < -0.39 is 0 Å². The van der Waals surface area contributed by atoms with Gasteiger partial charge in [0.2, 0.25) is 5.95 Å². The Balaban J connectivity index is 0.000000444. The highest BCUT2D eigenvalue weighted by molar-refractivity contribution is 6.43. The molecule has 2 rings (SSSR count). The first-order valence-electron chi connectivity index (χ1n) is 5.71. The van der Waals surface area contributed by atoms with Gasteiger partial charge in [-0.15, -0.1) is 10.2 Å². The van der Waals surface area contributed by atoms with Crippen molar-refractivity contribution in [2.45, 2.75) is 20.0 Å². The molecule has 0 radical (unpaired) electrons. The smallest absolute Gasteiger partial charge is 0.242 e. The largest absolute Gasteiger partial charge is 0.394 e. The highest BCUT2D eigenvalue weighted by atomic mass is 35.5. The standard InChI is InChI=1S/C9H7Cl2N5.C3H8O/c10-5-3-1-2-4(6(5)11)7-8(12)14-9(13)16-15-7;1-3(2)4/h1-3H,(H4,12,13,14,16);3-4H,1-2H3. The fraction of sp³-hybridized carbons (Fsp3) is 0.250. The minimum absolute atomic E-state index is 0.0133. The average Bonchev–Trinajstić information content (AvgIpc) is 2.33. The molecule has 0 aliphatic carbocycles. The van der Waals surface area contributed by atoms with Crippen LogP contribution in [0.25, 0.3) is 11.3 Å². The molecule has 0 spiro atoms. The Bertz CT molecular complexity index is 589. The van der Waals surface area contributed by atoms with E-state index in [9.17, 15) is 0 Å². The van der Waals surface area contributed by atoms with Crippen LogP contribution in [0.5, 0.6) is 0 Å². The maximum absolute atomic E-state index is 8.06. The second-order valence-electron chi connectivity index (χ2n) is 4.10. The second kappa shape index (κ2) is 7.23. The number of hydrogen-bond donors (Lipinski definition) is 3. The lowest BCUT2D eigenvalue weighted by Gasteiger charge is -2.06. The minimum Gasteiger partial charge on any atom is -0.394 e. The van der Waals surface area contributed by atoms with Gasteiger partial charge in [0.1, 0.15) is 5.69 Å². The van der Waals surface area contributed by atoms with Gasteiger partial charge in [-0.2, -0.15) is 4.98 Å². The van der Waals surface area contributed by atoms with Gasteiger partial charge in [0.15, 0.2) is 5.82 Å². The summed E-state index contributed by atoms with van der Waals surface area (Å²) in [5.41, 5.74) is 12.0. The van der Waals surface area contributed by atoms with Crippen molar-refractivity contribution >= 4 is 35.0 Å². The molecular formula is C12H15Cl2N5O. The van der Waals surface area contributed by atoms with Crippen LogP contribution < -0.4 is 11.5 Å². The maximum atomic E-state index is 8.06. The molecule has 0 amide bonds. The molecule has 1 aromatic heterocycles. The molecule has 0 aliphatic heterocycles. The van der Waals surface area contributed by atoms with E-state index in [1.165, 1.54) is 0 Å².